The van der Waals surface area contributed by atoms with Crippen molar-refractivity contribution in [1.82, 2.24) is 16.0 Å². The Hall–Kier alpha value is -0.810. The van der Waals surface area contributed by atoms with Gasteiger partial charge >= 0.3 is 6.03 Å². The number of imide groups is 1. The summed E-state index contributed by atoms with van der Waals surface area (Å²) in [4.78, 5) is 22.8. The van der Waals surface area contributed by atoms with E-state index < -0.39 is 5.54 Å². The molecule has 0 aromatic carbocycles. The minimum atomic E-state index is -0.603. The summed E-state index contributed by atoms with van der Waals surface area (Å²) in [5.41, 5.74) is -0.603. The zero-order valence-corrected chi connectivity index (χ0v) is 9.02. The fourth-order valence-corrected chi connectivity index (χ4v) is 2.96. The van der Waals surface area contributed by atoms with E-state index in [9.17, 15) is 9.59 Å². The average molecular weight is 232 g/mol. The van der Waals surface area contributed by atoms with E-state index in [1.807, 2.05) is 0 Å². The lowest BCUT2D eigenvalue weighted by atomic mass is 9.84. The topological polar surface area (TPSA) is 70.2 Å². The molecule has 3 amide bonds. The van der Waals surface area contributed by atoms with Crippen molar-refractivity contribution in [2.45, 2.75) is 43.3 Å². The largest absolute Gasteiger partial charge is 0.323 e. The third kappa shape index (κ3) is 1.50. The Balaban J connectivity index is 0.000000853. The van der Waals surface area contributed by atoms with Crippen molar-refractivity contribution in [2.24, 2.45) is 0 Å². The standard InChI is InChI=1S/C9H13N3O2.ClH/c13-7-9(12-8(14)11-7)3-5-1-2-6(4-9)10-5;/h5-6,10H,1-4H2,(H2,11,12,13,14);1H. The van der Waals surface area contributed by atoms with Crippen LogP contribution >= 0.6 is 12.4 Å². The number of halogens is 1. The van der Waals surface area contributed by atoms with E-state index in [-0.39, 0.29) is 24.3 Å². The Bertz CT molecular complexity index is 308. The molecule has 3 aliphatic rings. The van der Waals surface area contributed by atoms with Crippen LogP contribution in [0.3, 0.4) is 0 Å². The number of nitrogens with one attached hydrogen (secondary N) is 3. The number of fused-ring (bicyclic) bond motifs is 2. The van der Waals surface area contributed by atoms with Gasteiger partial charge in [0.1, 0.15) is 5.54 Å². The first-order valence-corrected chi connectivity index (χ1v) is 5.08. The molecule has 0 aromatic heterocycles. The first kappa shape index (κ1) is 10.7. The van der Waals surface area contributed by atoms with Crippen LogP contribution in [-0.2, 0) is 4.79 Å². The lowest BCUT2D eigenvalue weighted by molar-refractivity contribution is -0.125. The maximum atomic E-state index is 11.7. The molecular weight excluding hydrogens is 218 g/mol. The van der Waals surface area contributed by atoms with Crippen LogP contribution in [0.5, 0.6) is 0 Å². The normalized spacial score (nSPS) is 42.4. The molecule has 3 heterocycles. The van der Waals surface area contributed by atoms with E-state index in [0.717, 1.165) is 25.7 Å². The highest BCUT2D eigenvalue weighted by molar-refractivity contribution is 6.07. The first-order valence-electron chi connectivity index (χ1n) is 5.08. The highest BCUT2D eigenvalue weighted by Gasteiger charge is 2.53. The first-order chi connectivity index (χ1) is 6.68. The maximum absolute atomic E-state index is 11.7. The molecule has 5 nitrogen and oxygen atoms in total. The van der Waals surface area contributed by atoms with Gasteiger partial charge in [0.25, 0.3) is 5.91 Å². The molecule has 0 aromatic rings. The molecule has 0 aliphatic carbocycles. The van der Waals surface area contributed by atoms with E-state index in [2.05, 4.69) is 16.0 Å². The second-order valence-corrected chi connectivity index (χ2v) is 4.54. The minimum absolute atomic E-state index is 0. The van der Waals surface area contributed by atoms with Gasteiger partial charge < -0.3 is 10.6 Å². The molecule has 84 valence electrons. The van der Waals surface area contributed by atoms with Crippen LogP contribution in [0.15, 0.2) is 0 Å². The van der Waals surface area contributed by atoms with Crippen molar-refractivity contribution in [3.05, 3.63) is 0 Å². The van der Waals surface area contributed by atoms with Crippen molar-refractivity contribution in [1.29, 1.82) is 0 Å². The van der Waals surface area contributed by atoms with E-state index in [1.165, 1.54) is 0 Å². The summed E-state index contributed by atoms with van der Waals surface area (Å²) >= 11 is 0. The maximum Gasteiger partial charge on any atom is 0.322 e. The molecule has 1 spiro atoms. The number of hydrogen-bond donors (Lipinski definition) is 3. The van der Waals surface area contributed by atoms with Crippen molar-refractivity contribution in [2.75, 3.05) is 0 Å². The van der Waals surface area contributed by atoms with Gasteiger partial charge in [-0.15, -0.1) is 12.4 Å². The van der Waals surface area contributed by atoms with Crippen LogP contribution in [-0.4, -0.2) is 29.6 Å². The van der Waals surface area contributed by atoms with Crippen LogP contribution in [0.2, 0.25) is 0 Å². The Labute approximate surface area is 93.8 Å². The minimum Gasteiger partial charge on any atom is -0.323 e. The van der Waals surface area contributed by atoms with Gasteiger partial charge in [-0.25, -0.2) is 4.79 Å². The number of amides is 3. The molecule has 2 unspecified atom stereocenters. The van der Waals surface area contributed by atoms with Crippen molar-refractivity contribution >= 4 is 24.3 Å². The van der Waals surface area contributed by atoms with Crippen molar-refractivity contribution in [3.8, 4) is 0 Å². The fourth-order valence-electron chi connectivity index (χ4n) is 2.96. The van der Waals surface area contributed by atoms with Crippen molar-refractivity contribution < 1.29 is 9.59 Å². The summed E-state index contributed by atoms with van der Waals surface area (Å²) in [6.45, 7) is 0. The van der Waals surface area contributed by atoms with Crippen LogP contribution < -0.4 is 16.0 Å². The van der Waals surface area contributed by atoms with E-state index in [1.54, 1.807) is 0 Å². The fraction of sp³-hybridized carbons (Fsp3) is 0.778. The number of rotatable bonds is 0. The number of carbonyl (C=O) groups excluding carboxylic acids is 2. The molecule has 2 bridgehead atoms. The third-order valence-electron chi connectivity index (χ3n) is 3.54. The molecule has 3 fully saturated rings. The molecule has 0 radical (unpaired) electrons. The van der Waals surface area contributed by atoms with Gasteiger partial charge in [-0.2, -0.15) is 0 Å². The third-order valence-corrected chi connectivity index (χ3v) is 3.54. The molecule has 3 aliphatic heterocycles. The summed E-state index contributed by atoms with van der Waals surface area (Å²) in [5, 5.41) is 8.56. The number of urea groups is 1. The van der Waals surface area contributed by atoms with Crippen LogP contribution in [0.1, 0.15) is 25.7 Å². The molecule has 3 saturated heterocycles. The lowest BCUT2D eigenvalue weighted by Gasteiger charge is -2.35. The Morgan fingerprint density at radius 2 is 1.73 bits per heavy atom. The van der Waals surface area contributed by atoms with E-state index in [0.29, 0.717) is 12.1 Å². The van der Waals surface area contributed by atoms with Crippen LogP contribution in [0, 0.1) is 0 Å². The SMILES string of the molecule is Cl.O=C1NC(=O)C2(CC3CCC(C2)N3)N1. The van der Waals surface area contributed by atoms with Crippen LogP contribution in [0.4, 0.5) is 4.79 Å². The summed E-state index contributed by atoms with van der Waals surface area (Å²) < 4.78 is 0. The predicted molar refractivity (Wildman–Crippen MR) is 55.8 cm³/mol. The van der Waals surface area contributed by atoms with Gasteiger partial charge in [-0.05, 0) is 25.7 Å². The van der Waals surface area contributed by atoms with Gasteiger partial charge in [0.2, 0.25) is 0 Å². The van der Waals surface area contributed by atoms with Gasteiger partial charge in [0.15, 0.2) is 0 Å². The molecule has 15 heavy (non-hydrogen) atoms. The molecule has 2 atom stereocenters. The monoisotopic (exact) mass is 231 g/mol. The van der Waals surface area contributed by atoms with E-state index >= 15 is 0 Å². The van der Waals surface area contributed by atoms with Crippen molar-refractivity contribution in [3.63, 3.8) is 0 Å². The number of carbonyl (C=O) groups is 2. The highest BCUT2D eigenvalue weighted by atomic mass is 35.5. The Morgan fingerprint density at radius 3 is 2.20 bits per heavy atom. The summed E-state index contributed by atoms with van der Waals surface area (Å²) in [6, 6.07) is 0.465. The Morgan fingerprint density at radius 1 is 1.13 bits per heavy atom. The Kier molecular flexibility index (Phi) is 2.39. The lowest BCUT2D eigenvalue weighted by Crippen LogP contribution is -2.57. The average Bonchev–Trinajstić information content (AvgIpc) is 2.56. The quantitative estimate of drug-likeness (QED) is 0.510. The predicted octanol–water partition coefficient (Wildman–Crippen LogP) is -0.0992. The van der Waals surface area contributed by atoms with Gasteiger partial charge in [0.05, 0.1) is 0 Å². The summed E-state index contributed by atoms with van der Waals surface area (Å²) in [5.74, 6) is -0.138. The molecule has 3 rings (SSSR count). The molecule has 3 N–H and O–H groups in total. The van der Waals surface area contributed by atoms with Gasteiger partial charge in [-0.1, -0.05) is 0 Å². The van der Waals surface area contributed by atoms with Gasteiger partial charge in [-0.3, -0.25) is 10.1 Å². The smallest absolute Gasteiger partial charge is 0.322 e. The highest BCUT2D eigenvalue weighted by Crippen LogP contribution is 2.35. The molecule has 6 heteroatoms. The zero-order valence-electron chi connectivity index (χ0n) is 8.21. The molecule has 0 saturated carbocycles. The number of hydrogen-bond acceptors (Lipinski definition) is 3. The summed E-state index contributed by atoms with van der Waals surface area (Å²) in [7, 11) is 0. The molecular formula is C9H14ClN3O2. The van der Waals surface area contributed by atoms with Crippen LogP contribution in [0.25, 0.3) is 0 Å². The number of piperidine rings is 1. The zero-order chi connectivity index (χ0) is 9.76. The second kappa shape index (κ2) is 3.35. The van der Waals surface area contributed by atoms with E-state index in [4.69, 9.17) is 0 Å². The summed E-state index contributed by atoms with van der Waals surface area (Å²) in [6.07, 6.45) is 3.72. The van der Waals surface area contributed by atoms with Gasteiger partial charge in [0, 0.05) is 12.1 Å². The second-order valence-electron chi connectivity index (χ2n) is 4.54.